The molecule has 6 nitrogen and oxygen atoms in total. The minimum absolute atomic E-state index is 0.0559. The van der Waals surface area contributed by atoms with Crippen LogP contribution in [0.4, 0.5) is 11.4 Å². The van der Waals surface area contributed by atoms with E-state index in [0.717, 1.165) is 17.7 Å². The topological polar surface area (TPSA) is 92.5 Å². The first kappa shape index (κ1) is 15.4. The minimum Gasteiger partial charge on any atom is -0.478 e. The number of allylic oxidation sites excluding steroid dienone is 2. The van der Waals surface area contributed by atoms with Crippen LogP contribution < -0.4 is 5.32 Å². The van der Waals surface area contributed by atoms with Gasteiger partial charge >= 0.3 is 5.97 Å². The van der Waals surface area contributed by atoms with Gasteiger partial charge in [-0.15, -0.1) is 0 Å². The summed E-state index contributed by atoms with van der Waals surface area (Å²) in [5.41, 5.74) is 2.80. The fourth-order valence-corrected chi connectivity index (χ4v) is 3.95. The number of rotatable bonds is 3. The number of carboxylic acid groups (broad SMARTS) is 1. The lowest BCUT2D eigenvalue weighted by Crippen LogP contribution is -2.29. The molecule has 4 rings (SSSR count). The number of benzene rings is 2. The Morgan fingerprint density at radius 2 is 2.00 bits per heavy atom. The molecule has 0 spiro atoms. The van der Waals surface area contributed by atoms with Crippen molar-refractivity contribution in [3.8, 4) is 0 Å². The lowest BCUT2D eigenvalue weighted by atomic mass is 9.76. The van der Waals surface area contributed by atoms with Gasteiger partial charge in [0.25, 0.3) is 5.69 Å². The predicted molar refractivity (Wildman–Crippen MR) is 92.8 cm³/mol. The smallest absolute Gasteiger partial charge is 0.335 e. The van der Waals surface area contributed by atoms with Gasteiger partial charge in [0.15, 0.2) is 0 Å². The monoisotopic (exact) mass is 336 g/mol. The van der Waals surface area contributed by atoms with Gasteiger partial charge in [0.05, 0.1) is 22.1 Å². The molecule has 0 aromatic heterocycles. The predicted octanol–water partition coefficient (Wildman–Crippen LogP) is 4.12. The van der Waals surface area contributed by atoms with Gasteiger partial charge in [-0.05, 0) is 36.1 Å². The Hall–Kier alpha value is -3.15. The first-order valence-electron chi connectivity index (χ1n) is 8.10. The van der Waals surface area contributed by atoms with Crippen molar-refractivity contribution in [2.45, 2.75) is 18.4 Å². The minimum atomic E-state index is -0.956. The Kier molecular flexibility index (Phi) is 3.53. The molecule has 1 aliphatic heterocycles. The van der Waals surface area contributed by atoms with Gasteiger partial charge in [-0.1, -0.05) is 30.4 Å². The van der Waals surface area contributed by atoms with E-state index >= 15 is 0 Å². The van der Waals surface area contributed by atoms with Crippen molar-refractivity contribution >= 4 is 17.3 Å². The fourth-order valence-electron chi connectivity index (χ4n) is 3.95. The average Bonchev–Trinajstić information content (AvgIpc) is 3.10. The maximum Gasteiger partial charge on any atom is 0.335 e. The zero-order valence-electron chi connectivity index (χ0n) is 13.3. The van der Waals surface area contributed by atoms with Crippen molar-refractivity contribution in [1.29, 1.82) is 0 Å². The summed E-state index contributed by atoms with van der Waals surface area (Å²) >= 11 is 0. The second-order valence-corrected chi connectivity index (χ2v) is 6.40. The van der Waals surface area contributed by atoms with E-state index < -0.39 is 5.97 Å². The van der Waals surface area contributed by atoms with Gasteiger partial charge in [0.1, 0.15) is 0 Å². The Bertz CT molecular complexity index is 906. The average molecular weight is 336 g/mol. The molecule has 0 unspecified atom stereocenters. The van der Waals surface area contributed by atoms with Gasteiger partial charge < -0.3 is 10.4 Å². The first-order valence-corrected chi connectivity index (χ1v) is 8.10. The Morgan fingerprint density at radius 3 is 2.76 bits per heavy atom. The van der Waals surface area contributed by atoms with Crippen LogP contribution in [0.1, 0.15) is 39.9 Å². The van der Waals surface area contributed by atoms with E-state index in [4.69, 9.17) is 0 Å². The third kappa shape index (κ3) is 2.46. The number of fused-ring (bicyclic) bond motifs is 3. The number of para-hydroxylation sites is 1. The molecule has 6 heteroatoms. The maximum absolute atomic E-state index is 11.4. The van der Waals surface area contributed by atoms with Crippen LogP contribution in [0.3, 0.4) is 0 Å². The van der Waals surface area contributed by atoms with Crippen molar-refractivity contribution in [1.82, 2.24) is 0 Å². The molecule has 2 N–H and O–H groups in total. The highest BCUT2D eigenvalue weighted by molar-refractivity contribution is 5.89. The van der Waals surface area contributed by atoms with Crippen LogP contribution in [0.15, 0.2) is 54.6 Å². The molecule has 0 radical (unpaired) electrons. The lowest BCUT2D eigenvalue weighted by molar-refractivity contribution is -0.385. The van der Waals surface area contributed by atoms with Crippen LogP contribution in [0.25, 0.3) is 0 Å². The summed E-state index contributed by atoms with van der Waals surface area (Å²) in [6, 6.07) is 11.6. The summed E-state index contributed by atoms with van der Waals surface area (Å²) < 4.78 is 0. The van der Waals surface area contributed by atoms with Crippen LogP contribution in [0, 0.1) is 16.0 Å². The molecule has 2 aromatic rings. The molecule has 2 aromatic carbocycles. The number of nitro benzene ring substituents is 1. The van der Waals surface area contributed by atoms with E-state index in [9.17, 15) is 20.0 Å². The molecule has 0 saturated carbocycles. The van der Waals surface area contributed by atoms with Crippen molar-refractivity contribution < 1.29 is 14.8 Å². The second kappa shape index (κ2) is 5.73. The molecular weight excluding hydrogens is 320 g/mol. The standard InChI is InChI=1S/C19H16N2O4/c22-19(23)11-8-9-16-15(10-11)12-5-3-6-13(12)18(20-16)14-4-1-2-7-17(14)21(24)25/h1-5,7-10,12-13,18,20H,6H2,(H,22,23)/t12-,13+,18+/m1/s1. The largest absolute Gasteiger partial charge is 0.478 e. The zero-order valence-corrected chi connectivity index (χ0v) is 13.3. The number of hydrogen-bond donors (Lipinski definition) is 2. The normalized spacial score (nSPS) is 23.4. The van der Waals surface area contributed by atoms with Gasteiger partial charge in [-0.3, -0.25) is 10.1 Å². The summed E-state index contributed by atoms with van der Waals surface area (Å²) in [6.07, 6.45) is 4.95. The van der Waals surface area contributed by atoms with Crippen LogP contribution in [-0.4, -0.2) is 16.0 Å². The number of hydrogen-bond acceptors (Lipinski definition) is 4. The highest BCUT2D eigenvalue weighted by Gasteiger charge is 2.40. The van der Waals surface area contributed by atoms with Crippen LogP contribution in [0.5, 0.6) is 0 Å². The first-order chi connectivity index (χ1) is 12.1. The molecule has 126 valence electrons. The fraction of sp³-hybridized carbons (Fsp3) is 0.211. The van der Waals surface area contributed by atoms with E-state index in [2.05, 4.69) is 17.5 Å². The number of anilines is 1. The summed E-state index contributed by atoms with van der Waals surface area (Å²) in [7, 11) is 0. The molecule has 3 atom stereocenters. The van der Waals surface area contributed by atoms with Crippen molar-refractivity contribution in [2.24, 2.45) is 5.92 Å². The van der Waals surface area contributed by atoms with Crippen LogP contribution in [-0.2, 0) is 0 Å². The van der Waals surface area contributed by atoms with E-state index in [1.54, 1.807) is 30.3 Å². The van der Waals surface area contributed by atoms with E-state index in [1.807, 2.05) is 6.07 Å². The molecular formula is C19H16N2O4. The summed E-state index contributed by atoms with van der Waals surface area (Å²) in [6.45, 7) is 0. The van der Waals surface area contributed by atoms with Gasteiger partial charge in [-0.2, -0.15) is 0 Å². The number of nitrogens with one attached hydrogen (secondary N) is 1. The molecule has 1 aliphatic carbocycles. The molecule has 0 bridgehead atoms. The number of carboxylic acids is 1. The van der Waals surface area contributed by atoms with Crippen molar-refractivity contribution in [2.75, 3.05) is 5.32 Å². The lowest BCUT2D eigenvalue weighted by Gasteiger charge is -2.37. The van der Waals surface area contributed by atoms with E-state index in [1.165, 1.54) is 6.07 Å². The van der Waals surface area contributed by atoms with E-state index in [0.29, 0.717) is 5.56 Å². The number of nitrogens with zero attached hydrogens (tertiary/aromatic N) is 1. The molecule has 2 aliphatic rings. The van der Waals surface area contributed by atoms with Crippen molar-refractivity contribution in [3.63, 3.8) is 0 Å². The van der Waals surface area contributed by atoms with Crippen molar-refractivity contribution in [3.05, 3.63) is 81.4 Å². The maximum atomic E-state index is 11.4. The van der Waals surface area contributed by atoms with E-state index in [-0.39, 0.29) is 34.1 Å². The SMILES string of the molecule is O=C(O)c1ccc2c(c1)[C@@H]1C=CC[C@@H]1[C@@H](c1ccccc1[N+](=O)[O-])N2. The van der Waals surface area contributed by atoms with Gasteiger partial charge in [-0.25, -0.2) is 4.79 Å². The van der Waals surface area contributed by atoms with Crippen LogP contribution >= 0.6 is 0 Å². The number of aromatic carboxylic acids is 1. The molecule has 0 fully saturated rings. The second-order valence-electron chi connectivity index (χ2n) is 6.40. The van der Waals surface area contributed by atoms with Gasteiger partial charge in [0.2, 0.25) is 0 Å². The zero-order chi connectivity index (χ0) is 17.6. The quantitative estimate of drug-likeness (QED) is 0.500. The molecule has 1 heterocycles. The summed E-state index contributed by atoms with van der Waals surface area (Å²) in [4.78, 5) is 22.3. The third-order valence-electron chi connectivity index (χ3n) is 5.08. The number of carbonyl (C=O) groups is 1. The molecule has 25 heavy (non-hydrogen) atoms. The highest BCUT2D eigenvalue weighted by Crippen LogP contribution is 2.51. The van der Waals surface area contributed by atoms with Crippen LogP contribution in [0.2, 0.25) is 0 Å². The van der Waals surface area contributed by atoms with Gasteiger partial charge in [0, 0.05) is 17.7 Å². The molecule has 0 saturated heterocycles. The number of nitro groups is 1. The summed E-state index contributed by atoms with van der Waals surface area (Å²) in [5.74, 6) is -0.778. The Morgan fingerprint density at radius 1 is 1.20 bits per heavy atom. The highest BCUT2D eigenvalue weighted by atomic mass is 16.6. The Balaban J connectivity index is 1.81. The third-order valence-corrected chi connectivity index (χ3v) is 5.08. The summed E-state index contributed by atoms with van der Waals surface area (Å²) in [5, 5.41) is 24.1. The molecule has 0 amide bonds. The Labute approximate surface area is 144 Å².